The first-order valence-electron chi connectivity index (χ1n) is 4.72. The van der Waals surface area contributed by atoms with Crippen molar-refractivity contribution in [1.82, 2.24) is 4.90 Å². The molecule has 88 valence electrons. The first-order chi connectivity index (χ1) is 7.99. The summed E-state index contributed by atoms with van der Waals surface area (Å²) in [6.45, 7) is 1.16. The van der Waals surface area contributed by atoms with E-state index in [-0.39, 0.29) is 5.56 Å². The third-order valence-electron chi connectivity index (χ3n) is 2.31. The molecule has 1 saturated heterocycles. The minimum Gasteiger partial charge on any atom is -0.335 e. The Morgan fingerprint density at radius 3 is 1.88 bits per heavy atom. The van der Waals surface area contributed by atoms with Crippen molar-refractivity contribution in [2.45, 2.75) is 0 Å². The van der Waals surface area contributed by atoms with Gasteiger partial charge in [0.05, 0.1) is 21.5 Å². The third-order valence-corrected chi connectivity index (χ3v) is 2.31. The van der Waals surface area contributed by atoms with E-state index in [0.29, 0.717) is 13.1 Å². The van der Waals surface area contributed by atoms with Crippen molar-refractivity contribution in [3.05, 3.63) is 44.0 Å². The molecule has 8 nitrogen and oxygen atoms in total. The maximum absolute atomic E-state index is 11.6. The van der Waals surface area contributed by atoms with Crippen molar-refractivity contribution in [3.63, 3.8) is 0 Å². The summed E-state index contributed by atoms with van der Waals surface area (Å²) < 4.78 is 0. The zero-order valence-electron chi connectivity index (χ0n) is 8.53. The lowest BCUT2D eigenvalue weighted by atomic mass is 10.1. The fourth-order valence-electron chi connectivity index (χ4n) is 1.37. The molecule has 0 N–H and O–H groups in total. The number of amides is 1. The number of benzene rings is 1. The molecule has 8 heteroatoms. The molecule has 0 atom stereocenters. The molecule has 0 aliphatic carbocycles. The lowest BCUT2D eigenvalue weighted by molar-refractivity contribution is -0.394. The van der Waals surface area contributed by atoms with Gasteiger partial charge in [0.25, 0.3) is 17.3 Å². The van der Waals surface area contributed by atoms with E-state index in [9.17, 15) is 25.0 Å². The second-order valence-corrected chi connectivity index (χ2v) is 3.54. The van der Waals surface area contributed by atoms with Crippen LogP contribution < -0.4 is 0 Å². The van der Waals surface area contributed by atoms with E-state index < -0.39 is 27.1 Å². The summed E-state index contributed by atoms with van der Waals surface area (Å²) in [6.07, 6.45) is 0. The second-order valence-electron chi connectivity index (χ2n) is 3.54. The van der Waals surface area contributed by atoms with Crippen LogP contribution in [0.1, 0.15) is 10.4 Å². The summed E-state index contributed by atoms with van der Waals surface area (Å²) in [5.41, 5.74) is -0.933. The second kappa shape index (κ2) is 3.81. The smallest absolute Gasteiger partial charge is 0.277 e. The van der Waals surface area contributed by atoms with Crippen LogP contribution >= 0.6 is 0 Å². The Hall–Kier alpha value is -2.51. The Bertz CT molecular complexity index is 491. The van der Waals surface area contributed by atoms with Gasteiger partial charge in [-0.15, -0.1) is 0 Å². The minimum atomic E-state index is -0.758. The van der Waals surface area contributed by atoms with Crippen molar-refractivity contribution < 1.29 is 14.6 Å². The first-order valence-corrected chi connectivity index (χ1v) is 4.72. The fraction of sp³-hybridized carbons (Fsp3) is 0.222. The summed E-state index contributed by atoms with van der Waals surface area (Å²) in [4.78, 5) is 32.7. The highest BCUT2D eigenvalue weighted by atomic mass is 16.6. The quantitative estimate of drug-likeness (QED) is 0.442. The Balaban J connectivity index is 2.46. The van der Waals surface area contributed by atoms with Crippen LogP contribution in [0.2, 0.25) is 0 Å². The minimum absolute atomic E-state index is 0.0246. The lowest BCUT2D eigenvalue weighted by Crippen LogP contribution is -2.11. The topological polar surface area (TPSA) is 106 Å². The lowest BCUT2D eigenvalue weighted by Gasteiger charge is -2.01. The van der Waals surface area contributed by atoms with Gasteiger partial charge in [-0.05, 0) is 0 Å². The monoisotopic (exact) mass is 237 g/mol. The zero-order valence-corrected chi connectivity index (χ0v) is 8.53. The van der Waals surface area contributed by atoms with Crippen LogP contribution in [-0.2, 0) is 0 Å². The van der Waals surface area contributed by atoms with Crippen LogP contribution in [0.4, 0.5) is 11.4 Å². The van der Waals surface area contributed by atoms with E-state index >= 15 is 0 Å². The Kier molecular flexibility index (Phi) is 2.47. The van der Waals surface area contributed by atoms with E-state index in [0.717, 1.165) is 18.2 Å². The molecule has 1 heterocycles. The molecule has 1 fully saturated rings. The molecular formula is C9H7N3O5. The molecule has 0 bridgehead atoms. The molecule has 1 aromatic rings. The number of hydrogen-bond acceptors (Lipinski definition) is 5. The maximum Gasteiger partial charge on any atom is 0.277 e. The first kappa shape index (κ1) is 11.0. The van der Waals surface area contributed by atoms with E-state index in [1.807, 2.05) is 0 Å². The molecule has 1 aliphatic rings. The Labute approximate surface area is 94.7 Å². The van der Waals surface area contributed by atoms with Crippen molar-refractivity contribution in [2.75, 3.05) is 13.1 Å². The average molecular weight is 237 g/mol. The van der Waals surface area contributed by atoms with Gasteiger partial charge < -0.3 is 4.90 Å². The molecule has 1 aromatic carbocycles. The third kappa shape index (κ3) is 2.19. The van der Waals surface area contributed by atoms with Gasteiger partial charge in [-0.25, -0.2) is 0 Å². The number of nitrogens with zero attached hydrogens (tertiary/aromatic N) is 3. The number of rotatable bonds is 3. The Morgan fingerprint density at radius 1 is 1.06 bits per heavy atom. The fourth-order valence-corrected chi connectivity index (χ4v) is 1.37. The van der Waals surface area contributed by atoms with Crippen molar-refractivity contribution in [3.8, 4) is 0 Å². The van der Waals surface area contributed by atoms with Gasteiger partial charge in [0, 0.05) is 25.2 Å². The van der Waals surface area contributed by atoms with Gasteiger partial charge in [0.1, 0.15) is 0 Å². The largest absolute Gasteiger partial charge is 0.335 e. The standard InChI is InChI=1S/C9H7N3O5/c13-9(10-1-2-10)6-3-7(11(14)15)5-8(4-6)12(16)17/h3-5H,1-2H2. The summed E-state index contributed by atoms with van der Waals surface area (Å²) in [6, 6.07) is 2.93. The SMILES string of the molecule is O=C(c1cc([N+](=O)[O-])cc([N+](=O)[O-])c1)N1CC1. The summed E-state index contributed by atoms with van der Waals surface area (Å²) >= 11 is 0. The van der Waals surface area contributed by atoms with Gasteiger partial charge in [-0.3, -0.25) is 25.0 Å². The molecule has 1 aliphatic heterocycles. The zero-order chi connectivity index (χ0) is 12.6. The van der Waals surface area contributed by atoms with E-state index in [4.69, 9.17) is 0 Å². The normalized spacial score (nSPS) is 13.3. The van der Waals surface area contributed by atoms with Gasteiger partial charge >= 0.3 is 0 Å². The van der Waals surface area contributed by atoms with Crippen LogP contribution in [0.15, 0.2) is 18.2 Å². The molecule has 0 radical (unpaired) electrons. The molecule has 0 spiro atoms. The summed E-state index contributed by atoms with van der Waals surface area (Å²) in [7, 11) is 0. The van der Waals surface area contributed by atoms with Crippen LogP contribution in [0.5, 0.6) is 0 Å². The van der Waals surface area contributed by atoms with Gasteiger partial charge in [-0.1, -0.05) is 0 Å². The van der Waals surface area contributed by atoms with Crippen LogP contribution in [0.25, 0.3) is 0 Å². The summed E-state index contributed by atoms with van der Waals surface area (Å²) in [5.74, 6) is -0.420. The highest BCUT2D eigenvalue weighted by Crippen LogP contribution is 2.24. The average Bonchev–Trinajstić information content (AvgIpc) is 3.11. The molecule has 17 heavy (non-hydrogen) atoms. The number of nitro benzene ring substituents is 2. The number of nitro groups is 2. The molecule has 1 amide bonds. The predicted octanol–water partition coefficient (Wildman–Crippen LogP) is 0.959. The predicted molar refractivity (Wildman–Crippen MR) is 55.7 cm³/mol. The molecule has 0 unspecified atom stereocenters. The molecule has 0 aromatic heterocycles. The molecular weight excluding hydrogens is 230 g/mol. The van der Waals surface area contributed by atoms with Crippen LogP contribution in [-0.4, -0.2) is 33.7 Å². The number of carbonyl (C=O) groups excluding carboxylic acids is 1. The van der Waals surface area contributed by atoms with Crippen molar-refractivity contribution in [1.29, 1.82) is 0 Å². The maximum atomic E-state index is 11.6. The van der Waals surface area contributed by atoms with Gasteiger partial charge in [0.2, 0.25) is 0 Å². The van der Waals surface area contributed by atoms with Crippen LogP contribution in [0.3, 0.4) is 0 Å². The highest BCUT2D eigenvalue weighted by Gasteiger charge is 2.28. The highest BCUT2D eigenvalue weighted by molar-refractivity contribution is 5.96. The molecule has 0 saturated carbocycles. The van der Waals surface area contributed by atoms with Crippen LogP contribution in [0, 0.1) is 20.2 Å². The van der Waals surface area contributed by atoms with E-state index in [1.165, 1.54) is 4.90 Å². The van der Waals surface area contributed by atoms with Crippen molar-refractivity contribution >= 4 is 17.3 Å². The number of carbonyl (C=O) groups is 1. The number of hydrogen-bond donors (Lipinski definition) is 0. The Morgan fingerprint density at radius 2 is 1.53 bits per heavy atom. The van der Waals surface area contributed by atoms with Crippen molar-refractivity contribution in [2.24, 2.45) is 0 Å². The van der Waals surface area contributed by atoms with E-state index in [1.54, 1.807) is 0 Å². The van der Waals surface area contributed by atoms with Gasteiger partial charge in [0.15, 0.2) is 0 Å². The number of non-ortho nitro benzene ring substituents is 2. The molecule has 2 rings (SSSR count). The van der Waals surface area contributed by atoms with E-state index in [2.05, 4.69) is 0 Å². The van der Waals surface area contributed by atoms with Gasteiger partial charge in [-0.2, -0.15) is 0 Å². The summed E-state index contributed by atoms with van der Waals surface area (Å²) in [5, 5.41) is 21.2.